The van der Waals surface area contributed by atoms with Crippen molar-refractivity contribution in [2.75, 3.05) is 6.54 Å². The van der Waals surface area contributed by atoms with Crippen molar-refractivity contribution >= 4 is 11.8 Å². The minimum absolute atomic E-state index is 0.0458. The first-order valence-electron chi connectivity index (χ1n) is 5.37. The van der Waals surface area contributed by atoms with Crippen LogP contribution in [-0.4, -0.2) is 35.3 Å². The molecule has 4 nitrogen and oxygen atoms in total. The van der Waals surface area contributed by atoms with Crippen molar-refractivity contribution in [1.82, 2.24) is 10.2 Å². The van der Waals surface area contributed by atoms with Crippen LogP contribution in [0.3, 0.4) is 0 Å². The average molecular weight is 208 g/mol. The van der Waals surface area contributed by atoms with E-state index in [1.807, 2.05) is 0 Å². The zero-order valence-corrected chi connectivity index (χ0v) is 8.90. The van der Waals surface area contributed by atoms with Gasteiger partial charge in [-0.3, -0.25) is 9.59 Å². The van der Waals surface area contributed by atoms with Gasteiger partial charge in [-0.25, -0.2) is 0 Å². The summed E-state index contributed by atoms with van der Waals surface area (Å²) < 4.78 is 0. The Bertz CT molecular complexity index is 310. The Morgan fingerprint density at radius 1 is 1.53 bits per heavy atom. The highest BCUT2D eigenvalue weighted by molar-refractivity contribution is 5.97. The molecule has 0 aromatic heterocycles. The van der Waals surface area contributed by atoms with Crippen molar-refractivity contribution in [3.05, 3.63) is 12.7 Å². The molecule has 0 radical (unpaired) electrons. The normalized spacial score (nSPS) is 31.4. The van der Waals surface area contributed by atoms with Crippen LogP contribution in [0.5, 0.6) is 0 Å². The van der Waals surface area contributed by atoms with E-state index in [1.54, 1.807) is 17.9 Å². The van der Waals surface area contributed by atoms with Gasteiger partial charge in [-0.1, -0.05) is 6.08 Å². The standard InChI is InChI=1S/C11H16N2O2/c1-3-6-13-7(2)10(14)12-9(11(13)15)8-4-5-8/h3,7-9H,1,4-6H2,2H3,(H,12,14). The van der Waals surface area contributed by atoms with Crippen LogP contribution in [0.25, 0.3) is 0 Å². The highest BCUT2D eigenvalue weighted by atomic mass is 16.2. The first kappa shape index (κ1) is 10.2. The maximum atomic E-state index is 12.0. The van der Waals surface area contributed by atoms with Gasteiger partial charge in [-0.2, -0.15) is 0 Å². The van der Waals surface area contributed by atoms with Crippen LogP contribution in [0.2, 0.25) is 0 Å². The molecule has 1 aliphatic carbocycles. The van der Waals surface area contributed by atoms with Gasteiger partial charge in [-0.15, -0.1) is 6.58 Å². The molecule has 0 spiro atoms. The molecule has 2 atom stereocenters. The maximum absolute atomic E-state index is 12.0. The fourth-order valence-corrected chi connectivity index (χ4v) is 1.98. The lowest BCUT2D eigenvalue weighted by molar-refractivity contribution is -0.148. The molecule has 1 N–H and O–H groups in total. The topological polar surface area (TPSA) is 49.4 Å². The molecule has 1 aliphatic heterocycles. The lowest BCUT2D eigenvalue weighted by Crippen LogP contribution is -2.63. The van der Waals surface area contributed by atoms with E-state index in [9.17, 15) is 9.59 Å². The van der Waals surface area contributed by atoms with Crippen molar-refractivity contribution < 1.29 is 9.59 Å². The second-order valence-electron chi connectivity index (χ2n) is 4.28. The molecule has 0 aromatic carbocycles. The third-order valence-electron chi connectivity index (χ3n) is 3.11. The zero-order chi connectivity index (χ0) is 11.0. The average Bonchev–Trinajstić information content (AvgIpc) is 3.02. The summed E-state index contributed by atoms with van der Waals surface area (Å²) in [5, 5.41) is 2.80. The Hall–Kier alpha value is -1.32. The number of nitrogens with one attached hydrogen (secondary N) is 1. The molecule has 2 aliphatic rings. The Morgan fingerprint density at radius 2 is 2.20 bits per heavy atom. The Labute approximate surface area is 89.3 Å². The minimum Gasteiger partial charge on any atom is -0.342 e. The number of piperazine rings is 1. The van der Waals surface area contributed by atoms with E-state index >= 15 is 0 Å². The highest BCUT2D eigenvalue weighted by Crippen LogP contribution is 2.34. The summed E-state index contributed by atoms with van der Waals surface area (Å²) in [6, 6.07) is -0.654. The van der Waals surface area contributed by atoms with Crippen LogP contribution in [0.15, 0.2) is 12.7 Å². The first-order chi connectivity index (χ1) is 7.15. The molecule has 2 unspecified atom stereocenters. The van der Waals surface area contributed by atoms with E-state index in [1.165, 1.54) is 0 Å². The fourth-order valence-electron chi connectivity index (χ4n) is 1.98. The number of hydrogen-bond acceptors (Lipinski definition) is 2. The fraction of sp³-hybridized carbons (Fsp3) is 0.636. The third-order valence-corrected chi connectivity index (χ3v) is 3.11. The number of amides is 2. The van der Waals surface area contributed by atoms with E-state index in [-0.39, 0.29) is 23.9 Å². The van der Waals surface area contributed by atoms with Crippen molar-refractivity contribution in [3.8, 4) is 0 Å². The van der Waals surface area contributed by atoms with E-state index in [2.05, 4.69) is 11.9 Å². The molecule has 82 valence electrons. The Kier molecular flexibility index (Phi) is 2.50. The van der Waals surface area contributed by atoms with E-state index in [0.29, 0.717) is 12.5 Å². The van der Waals surface area contributed by atoms with Crippen LogP contribution in [0.4, 0.5) is 0 Å². The van der Waals surface area contributed by atoms with E-state index in [4.69, 9.17) is 0 Å². The number of rotatable bonds is 3. The van der Waals surface area contributed by atoms with Gasteiger partial charge in [-0.05, 0) is 25.7 Å². The lowest BCUT2D eigenvalue weighted by Gasteiger charge is -2.36. The minimum atomic E-state index is -0.370. The zero-order valence-electron chi connectivity index (χ0n) is 8.90. The molecule has 1 heterocycles. The molecule has 2 fully saturated rings. The summed E-state index contributed by atoms with van der Waals surface area (Å²) in [5.41, 5.74) is 0. The molecule has 4 heteroatoms. The van der Waals surface area contributed by atoms with Crippen molar-refractivity contribution in [1.29, 1.82) is 0 Å². The van der Waals surface area contributed by atoms with E-state index in [0.717, 1.165) is 12.8 Å². The summed E-state index contributed by atoms with van der Waals surface area (Å²) in [6.07, 6.45) is 3.76. The molecule has 0 bridgehead atoms. The summed E-state index contributed by atoms with van der Waals surface area (Å²) in [5.74, 6) is 0.360. The van der Waals surface area contributed by atoms with Crippen LogP contribution in [-0.2, 0) is 9.59 Å². The molecule has 15 heavy (non-hydrogen) atoms. The number of carbonyl (C=O) groups excluding carboxylic acids is 2. The van der Waals surface area contributed by atoms with Crippen LogP contribution in [0, 0.1) is 5.92 Å². The smallest absolute Gasteiger partial charge is 0.246 e. The van der Waals surface area contributed by atoms with Gasteiger partial charge in [0.1, 0.15) is 12.1 Å². The van der Waals surface area contributed by atoms with Gasteiger partial charge < -0.3 is 10.2 Å². The second-order valence-corrected chi connectivity index (χ2v) is 4.28. The highest BCUT2D eigenvalue weighted by Gasteiger charge is 2.44. The number of carbonyl (C=O) groups is 2. The van der Waals surface area contributed by atoms with Crippen molar-refractivity contribution in [2.45, 2.75) is 31.8 Å². The first-order valence-corrected chi connectivity index (χ1v) is 5.37. The van der Waals surface area contributed by atoms with Gasteiger partial charge in [0.25, 0.3) is 0 Å². The van der Waals surface area contributed by atoms with Crippen LogP contribution < -0.4 is 5.32 Å². The van der Waals surface area contributed by atoms with Gasteiger partial charge in [0.2, 0.25) is 11.8 Å². The summed E-state index contributed by atoms with van der Waals surface area (Å²) in [4.78, 5) is 25.3. The van der Waals surface area contributed by atoms with Gasteiger partial charge >= 0.3 is 0 Å². The van der Waals surface area contributed by atoms with E-state index < -0.39 is 0 Å². The summed E-state index contributed by atoms with van der Waals surface area (Å²) in [7, 11) is 0. The molecule has 2 amide bonds. The lowest BCUT2D eigenvalue weighted by atomic mass is 10.0. The van der Waals surface area contributed by atoms with Crippen molar-refractivity contribution in [3.63, 3.8) is 0 Å². The predicted octanol–water partition coefficient (Wildman–Crippen LogP) is 0.298. The van der Waals surface area contributed by atoms with Crippen molar-refractivity contribution in [2.24, 2.45) is 5.92 Å². The second kappa shape index (κ2) is 3.68. The molecule has 1 saturated carbocycles. The molecule has 0 aromatic rings. The molecular weight excluding hydrogens is 192 g/mol. The summed E-state index contributed by atoms with van der Waals surface area (Å²) >= 11 is 0. The molecule has 2 rings (SSSR count). The SMILES string of the molecule is C=CCN1C(=O)C(C2CC2)NC(=O)C1C. The van der Waals surface area contributed by atoms with Gasteiger partial charge in [0.15, 0.2) is 0 Å². The van der Waals surface area contributed by atoms with Gasteiger partial charge in [0.05, 0.1) is 0 Å². The van der Waals surface area contributed by atoms with Crippen LogP contribution in [0.1, 0.15) is 19.8 Å². The Morgan fingerprint density at radius 3 is 2.73 bits per heavy atom. The predicted molar refractivity (Wildman–Crippen MR) is 56.0 cm³/mol. The monoisotopic (exact) mass is 208 g/mol. The van der Waals surface area contributed by atoms with Gasteiger partial charge in [0, 0.05) is 6.54 Å². The third kappa shape index (κ3) is 1.76. The quantitative estimate of drug-likeness (QED) is 0.678. The summed E-state index contributed by atoms with van der Waals surface area (Å²) in [6.45, 7) is 5.81. The van der Waals surface area contributed by atoms with Crippen LogP contribution >= 0.6 is 0 Å². The molecular formula is C11H16N2O2. The Balaban J connectivity index is 2.15. The largest absolute Gasteiger partial charge is 0.342 e. The molecule has 1 saturated heterocycles. The number of nitrogens with zero attached hydrogens (tertiary/aromatic N) is 1. The maximum Gasteiger partial charge on any atom is 0.246 e. The number of hydrogen-bond donors (Lipinski definition) is 1.